The first kappa shape index (κ1) is 10.6. The monoisotopic (exact) mass is 210 g/mol. The zero-order valence-electron chi connectivity index (χ0n) is 9.57. The number of aryl methyl sites for hydroxylation is 1. The number of pyridine rings is 1. The van der Waals surface area contributed by atoms with Crippen molar-refractivity contribution in [2.45, 2.75) is 26.2 Å². The van der Waals surface area contributed by atoms with E-state index in [0.29, 0.717) is 0 Å². The predicted molar refractivity (Wildman–Crippen MR) is 65.1 cm³/mol. The molecule has 0 aliphatic carbocycles. The first-order chi connectivity index (χ1) is 7.74. The maximum Gasteiger partial charge on any atom is 0.0710 e. The van der Waals surface area contributed by atoms with E-state index in [1.807, 2.05) is 32.2 Å². The van der Waals surface area contributed by atoms with Gasteiger partial charge in [0.25, 0.3) is 0 Å². The summed E-state index contributed by atoms with van der Waals surface area (Å²) in [6.07, 6.45) is 2.71. The third-order valence-corrected chi connectivity index (χ3v) is 2.81. The zero-order valence-corrected chi connectivity index (χ0v) is 9.57. The Kier molecular flexibility index (Phi) is 2.87. The van der Waals surface area contributed by atoms with Crippen LogP contribution in [0.3, 0.4) is 0 Å². The average molecular weight is 210 g/mol. The Morgan fingerprint density at radius 1 is 1.38 bits per heavy atom. The number of rotatable bonds is 2. The van der Waals surface area contributed by atoms with Crippen LogP contribution in [0.25, 0.3) is 10.9 Å². The van der Waals surface area contributed by atoms with Crippen molar-refractivity contribution in [1.82, 2.24) is 4.98 Å². The Hall–Kier alpha value is -1.88. The van der Waals surface area contributed by atoms with E-state index in [1.165, 1.54) is 0 Å². The second kappa shape index (κ2) is 4.32. The molecule has 2 nitrogen and oxygen atoms in total. The molecule has 0 fully saturated rings. The van der Waals surface area contributed by atoms with E-state index < -0.39 is 0 Å². The van der Waals surface area contributed by atoms with Gasteiger partial charge in [0.05, 0.1) is 17.5 Å². The van der Waals surface area contributed by atoms with Gasteiger partial charge in [-0.25, -0.2) is 0 Å². The molecule has 16 heavy (non-hydrogen) atoms. The Balaban J connectivity index is 2.55. The highest BCUT2D eigenvalue weighted by Crippen LogP contribution is 2.23. The first-order valence-corrected chi connectivity index (χ1v) is 5.50. The predicted octanol–water partition coefficient (Wildman–Crippen LogP) is 3.56. The maximum atomic E-state index is 9.04. The Bertz CT molecular complexity index is 552. The summed E-state index contributed by atoms with van der Waals surface area (Å²) in [5.41, 5.74) is 3.22. The molecule has 0 spiro atoms. The Labute approximate surface area is 95.6 Å². The maximum absolute atomic E-state index is 9.04. The van der Waals surface area contributed by atoms with E-state index in [4.69, 9.17) is 5.26 Å². The molecule has 0 saturated carbocycles. The van der Waals surface area contributed by atoms with Gasteiger partial charge in [0.1, 0.15) is 0 Å². The number of benzene rings is 1. The van der Waals surface area contributed by atoms with Crippen LogP contribution in [0, 0.1) is 18.3 Å². The van der Waals surface area contributed by atoms with Crippen LogP contribution in [0.5, 0.6) is 0 Å². The molecule has 1 aromatic heterocycles. The van der Waals surface area contributed by atoms with Crippen molar-refractivity contribution < 1.29 is 0 Å². The van der Waals surface area contributed by atoms with Crippen molar-refractivity contribution in [3.63, 3.8) is 0 Å². The van der Waals surface area contributed by atoms with E-state index >= 15 is 0 Å². The third kappa shape index (κ3) is 1.90. The highest BCUT2D eigenvalue weighted by Gasteiger charge is 2.08. The molecule has 0 radical (unpaired) electrons. The fourth-order valence-electron chi connectivity index (χ4n) is 1.88. The topological polar surface area (TPSA) is 36.7 Å². The second-order valence-electron chi connectivity index (χ2n) is 4.05. The molecule has 0 N–H and O–H groups in total. The molecule has 1 unspecified atom stereocenters. The fourth-order valence-corrected chi connectivity index (χ4v) is 1.88. The van der Waals surface area contributed by atoms with Crippen LogP contribution in [-0.4, -0.2) is 4.98 Å². The van der Waals surface area contributed by atoms with Crippen molar-refractivity contribution in [3.8, 4) is 6.07 Å². The van der Waals surface area contributed by atoms with Gasteiger partial charge in [-0.3, -0.25) is 4.98 Å². The molecule has 0 amide bonds. The molecular weight excluding hydrogens is 196 g/mol. The minimum Gasteiger partial charge on any atom is -0.256 e. The van der Waals surface area contributed by atoms with Gasteiger partial charge in [-0.2, -0.15) is 5.26 Å². The number of nitrogens with zero attached hydrogens (tertiary/aromatic N) is 2. The number of fused-ring (bicyclic) bond motifs is 1. The lowest BCUT2D eigenvalue weighted by molar-refractivity contribution is 0.819. The molecule has 1 aromatic carbocycles. The largest absolute Gasteiger partial charge is 0.256 e. The normalized spacial score (nSPS) is 12.3. The summed E-state index contributed by atoms with van der Waals surface area (Å²) in [5.74, 6) is -0.00934. The molecule has 1 heterocycles. The van der Waals surface area contributed by atoms with Gasteiger partial charge in [0.15, 0.2) is 0 Å². The van der Waals surface area contributed by atoms with Crippen molar-refractivity contribution in [2.75, 3.05) is 0 Å². The number of nitriles is 1. The molecule has 2 rings (SSSR count). The Morgan fingerprint density at radius 3 is 2.88 bits per heavy atom. The molecule has 0 aliphatic rings. The second-order valence-corrected chi connectivity index (χ2v) is 4.05. The Morgan fingerprint density at radius 2 is 2.19 bits per heavy atom. The van der Waals surface area contributed by atoms with E-state index in [9.17, 15) is 0 Å². The quantitative estimate of drug-likeness (QED) is 0.759. The van der Waals surface area contributed by atoms with Gasteiger partial charge >= 0.3 is 0 Å². The molecule has 80 valence electrons. The molecule has 0 bridgehead atoms. The highest BCUT2D eigenvalue weighted by molar-refractivity contribution is 5.79. The molecule has 2 aromatic rings. The van der Waals surface area contributed by atoms with Gasteiger partial charge in [-0.15, -0.1) is 0 Å². The lowest BCUT2D eigenvalue weighted by Crippen LogP contribution is -1.93. The minimum absolute atomic E-state index is 0.00934. The lowest BCUT2D eigenvalue weighted by atomic mass is 9.96. The fraction of sp³-hybridized carbons (Fsp3) is 0.286. The van der Waals surface area contributed by atoms with Crippen LogP contribution >= 0.6 is 0 Å². The number of hydrogen-bond acceptors (Lipinski definition) is 2. The van der Waals surface area contributed by atoms with Crippen LogP contribution in [0.15, 0.2) is 30.5 Å². The molecule has 0 saturated heterocycles. The molecule has 1 atom stereocenters. The van der Waals surface area contributed by atoms with Crippen molar-refractivity contribution in [3.05, 3.63) is 41.6 Å². The van der Waals surface area contributed by atoms with Gasteiger partial charge < -0.3 is 0 Å². The van der Waals surface area contributed by atoms with Crippen LogP contribution < -0.4 is 0 Å². The first-order valence-electron chi connectivity index (χ1n) is 5.50. The lowest BCUT2D eigenvalue weighted by Gasteiger charge is -2.07. The summed E-state index contributed by atoms with van der Waals surface area (Å²) in [5, 5.41) is 10.2. The smallest absolute Gasteiger partial charge is 0.0710 e. The molecular formula is C14H14N2. The van der Waals surface area contributed by atoms with Crippen LogP contribution in [0.4, 0.5) is 0 Å². The number of aromatic nitrogens is 1. The zero-order chi connectivity index (χ0) is 11.5. The van der Waals surface area contributed by atoms with Crippen LogP contribution in [0.2, 0.25) is 0 Å². The van der Waals surface area contributed by atoms with E-state index in [-0.39, 0.29) is 5.92 Å². The summed E-state index contributed by atoms with van der Waals surface area (Å²) in [7, 11) is 0. The van der Waals surface area contributed by atoms with E-state index in [2.05, 4.69) is 23.2 Å². The minimum atomic E-state index is -0.00934. The van der Waals surface area contributed by atoms with E-state index in [1.54, 1.807) is 0 Å². The van der Waals surface area contributed by atoms with E-state index in [0.717, 1.165) is 28.5 Å². The SMILES string of the molecule is CCC(C#N)c1ccc2ncc(C)cc2c1. The third-order valence-electron chi connectivity index (χ3n) is 2.81. The van der Waals surface area contributed by atoms with Crippen molar-refractivity contribution in [2.24, 2.45) is 0 Å². The van der Waals surface area contributed by atoms with Gasteiger partial charge in [0, 0.05) is 11.6 Å². The van der Waals surface area contributed by atoms with Gasteiger partial charge in [-0.1, -0.05) is 13.0 Å². The highest BCUT2D eigenvalue weighted by atomic mass is 14.6. The number of hydrogen-bond donors (Lipinski definition) is 0. The van der Waals surface area contributed by atoms with Crippen molar-refractivity contribution in [1.29, 1.82) is 5.26 Å². The summed E-state index contributed by atoms with van der Waals surface area (Å²) >= 11 is 0. The van der Waals surface area contributed by atoms with Crippen molar-refractivity contribution >= 4 is 10.9 Å². The molecule has 2 heteroatoms. The van der Waals surface area contributed by atoms with Gasteiger partial charge in [-0.05, 0) is 42.7 Å². The summed E-state index contributed by atoms with van der Waals surface area (Å²) in [6.45, 7) is 4.06. The van der Waals surface area contributed by atoms with Crippen LogP contribution in [-0.2, 0) is 0 Å². The summed E-state index contributed by atoms with van der Waals surface area (Å²) in [4.78, 5) is 4.35. The summed E-state index contributed by atoms with van der Waals surface area (Å²) in [6, 6.07) is 10.5. The summed E-state index contributed by atoms with van der Waals surface area (Å²) < 4.78 is 0. The molecule has 0 aliphatic heterocycles. The van der Waals surface area contributed by atoms with Crippen LogP contribution in [0.1, 0.15) is 30.4 Å². The average Bonchev–Trinajstić information content (AvgIpc) is 2.30. The van der Waals surface area contributed by atoms with Gasteiger partial charge in [0.2, 0.25) is 0 Å². The standard InChI is InChI=1S/C14H14N2/c1-3-11(8-15)12-4-5-14-13(7-12)6-10(2)9-16-14/h4-7,9,11H,3H2,1-2H3.